The molecular weight excluding hydrogens is 324 g/mol. The highest BCUT2D eigenvalue weighted by atomic mass is 16.5. The van der Waals surface area contributed by atoms with E-state index in [1.807, 2.05) is 0 Å². The molecule has 2 aromatic carbocycles. The predicted octanol–water partition coefficient (Wildman–Crippen LogP) is 2.84. The van der Waals surface area contributed by atoms with E-state index in [2.05, 4.69) is 0 Å². The maximum atomic E-state index is 12.2. The molecule has 25 heavy (non-hydrogen) atoms. The summed E-state index contributed by atoms with van der Waals surface area (Å²) in [6, 6.07) is 13.2. The highest BCUT2D eigenvalue weighted by Gasteiger charge is 2.24. The summed E-state index contributed by atoms with van der Waals surface area (Å²) in [5.41, 5.74) is 1.37. The number of carbonyl (C=O) groups is 3. The van der Waals surface area contributed by atoms with Crippen molar-refractivity contribution in [3.63, 3.8) is 0 Å². The van der Waals surface area contributed by atoms with Gasteiger partial charge in [0.15, 0.2) is 0 Å². The number of rotatable bonds is 5. The fourth-order valence-electron chi connectivity index (χ4n) is 2.37. The fourth-order valence-corrected chi connectivity index (χ4v) is 2.37. The van der Waals surface area contributed by atoms with Crippen LogP contribution < -0.4 is 9.47 Å². The normalized spacial score (nSPS) is 10.2. The minimum absolute atomic E-state index is 0.394. The summed E-state index contributed by atoms with van der Waals surface area (Å²) in [4.78, 5) is 34.2. The Labute approximate surface area is 145 Å². The highest BCUT2D eigenvalue weighted by Crippen LogP contribution is 2.29. The van der Waals surface area contributed by atoms with Crippen molar-refractivity contribution in [2.75, 3.05) is 7.11 Å². The summed E-state index contributed by atoms with van der Waals surface area (Å²) in [5, 5.41) is 0. The summed E-state index contributed by atoms with van der Waals surface area (Å²) < 4.78 is 14.9. The van der Waals surface area contributed by atoms with Crippen molar-refractivity contribution in [1.29, 1.82) is 0 Å². The Kier molecular flexibility index (Phi) is 5.89. The molecule has 0 aliphatic heterocycles. The largest absolute Gasteiger partial charge is 0.468 e. The van der Waals surface area contributed by atoms with E-state index in [1.54, 1.807) is 48.5 Å². The van der Waals surface area contributed by atoms with Crippen LogP contribution >= 0.6 is 0 Å². The Balaban J connectivity index is 2.31. The van der Waals surface area contributed by atoms with Crippen LogP contribution in [0.4, 0.5) is 0 Å². The summed E-state index contributed by atoms with van der Waals surface area (Å²) in [6.45, 7) is 2.63. The maximum Gasteiger partial charge on any atom is 0.317 e. The summed E-state index contributed by atoms with van der Waals surface area (Å²) in [7, 11) is 1.32. The van der Waals surface area contributed by atoms with Gasteiger partial charge in [-0.2, -0.15) is 0 Å². The van der Waals surface area contributed by atoms with Crippen LogP contribution in [0.2, 0.25) is 0 Å². The van der Waals surface area contributed by atoms with Gasteiger partial charge in [0, 0.05) is 13.8 Å². The molecule has 0 saturated carbocycles. The van der Waals surface area contributed by atoms with E-state index >= 15 is 0 Å². The lowest BCUT2D eigenvalue weighted by Crippen LogP contribution is -2.15. The molecule has 0 fully saturated rings. The molecule has 2 rings (SSSR count). The number of carbonyl (C=O) groups excluding carboxylic acids is 3. The van der Waals surface area contributed by atoms with E-state index in [4.69, 9.17) is 14.2 Å². The van der Waals surface area contributed by atoms with Gasteiger partial charge < -0.3 is 14.2 Å². The van der Waals surface area contributed by atoms with Crippen molar-refractivity contribution in [3.8, 4) is 11.5 Å². The highest BCUT2D eigenvalue weighted by molar-refractivity contribution is 5.82. The van der Waals surface area contributed by atoms with Gasteiger partial charge in [-0.1, -0.05) is 24.3 Å². The molecule has 0 aliphatic carbocycles. The zero-order valence-corrected chi connectivity index (χ0v) is 14.1. The summed E-state index contributed by atoms with van der Waals surface area (Å²) in [6.07, 6.45) is 0. The second kappa shape index (κ2) is 8.10. The third-order valence-electron chi connectivity index (χ3n) is 3.39. The number of methoxy groups -OCH3 is 1. The van der Waals surface area contributed by atoms with Gasteiger partial charge in [0.2, 0.25) is 0 Å². The van der Waals surface area contributed by atoms with E-state index < -0.39 is 23.8 Å². The van der Waals surface area contributed by atoms with Crippen molar-refractivity contribution >= 4 is 17.9 Å². The smallest absolute Gasteiger partial charge is 0.317 e. The molecule has 0 unspecified atom stereocenters. The van der Waals surface area contributed by atoms with Crippen LogP contribution in [0.1, 0.15) is 30.9 Å². The third kappa shape index (κ3) is 4.91. The molecule has 0 N–H and O–H groups in total. The lowest BCUT2D eigenvalue weighted by Gasteiger charge is -2.16. The van der Waals surface area contributed by atoms with Gasteiger partial charge in [-0.05, 0) is 35.4 Å². The van der Waals surface area contributed by atoms with E-state index in [-0.39, 0.29) is 0 Å². The van der Waals surface area contributed by atoms with Gasteiger partial charge >= 0.3 is 17.9 Å². The van der Waals surface area contributed by atoms with Gasteiger partial charge in [0.05, 0.1) is 7.11 Å². The Morgan fingerprint density at radius 3 is 1.36 bits per heavy atom. The first kappa shape index (κ1) is 18.2. The quantitative estimate of drug-likeness (QED) is 0.614. The van der Waals surface area contributed by atoms with Crippen molar-refractivity contribution in [2.45, 2.75) is 19.8 Å². The zero-order chi connectivity index (χ0) is 18.4. The Morgan fingerprint density at radius 2 is 1.08 bits per heavy atom. The Bertz CT molecular complexity index is 702. The van der Waals surface area contributed by atoms with Gasteiger partial charge in [-0.15, -0.1) is 0 Å². The van der Waals surface area contributed by atoms with Gasteiger partial charge in [0.25, 0.3) is 0 Å². The zero-order valence-electron chi connectivity index (χ0n) is 14.1. The second-order valence-corrected chi connectivity index (χ2v) is 5.28. The summed E-state index contributed by atoms with van der Waals surface area (Å²) >= 11 is 0. The van der Waals surface area contributed by atoms with Crippen LogP contribution in [-0.2, 0) is 19.1 Å². The molecule has 0 heterocycles. The molecular formula is C19H18O6. The summed E-state index contributed by atoms with van der Waals surface area (Å²) in [5.74, 6) is -1.13. The molecule has 0 saturated heterocycles. The van der Waals surface area contributed by atoms with Crippen LogP contribution in [0.5, 0.6) is 11.5 Å². The SMILES string of the molecule is COC(=O)C(c1ccc(OC(C)=O)cc1)c1ccc(OC(C)=O)cc1. The third-order valence-corrected chi connectivity index (χ3v) is 3.39. The van der Waals surface area contributed by atoms with Crippen LogP contribution in [0.25, 0.3) is 0 Å². The van der Waals surface area contributed by atoms with E-state index in [9.17, 15) is 14.4 Å². The average molecular weight is 342 g/mol. The first-order chi connectivity index (χ1) is 11.9. The lowest BCUT2D eigenvalue weighted by molar-refractivity contribution is -0.141. The van der Waals surface area contributed by atoms with Crippen LogP contribution in [0.3, 0.4) is 0 Å². The van der Waals surface area contributed by atoms with Gasteiger partial charge in [-0.3, -0.25) is 14.4 Å². The first-order valence-corrected chi connectivity index (χ1v) is 7.55. The van der Waals surface area contributed by atoms with Crippen molar-refractivity contribution in [2.24, 2.45) is 0 Å². The first-order valence-electron chi connectivity index (χ1n) is 7.55. The molecule has 6 nitrogen and oxygen atoms in total. The molecule has 0 atom stereocenters. The van der Waals surface area contributed by atoms with Crippen LogP contribution in [-0.4, -0.2) is 25.0 Å². The predicted molar refractivity (Wildman–Crippen MR) is 89.4 cm³/mol. The molecule has 0 aliphatic rings. The molecule has 0 bridgehead atoms. The lowest BCUT2D eigenvalue weighted by atomic mass is 9.91. The monoisotopic (exact) mass is 342 g/mol. The van der Waals surface area contributed by atoms with Crippen LogP contribution in [0.15, 0.2) is 48.5 Å². The number of benzene rings is 2. The van der Waals surface area contributed by atoms with E-state index in [1.165, 1.54) is 21.0 Å². The molecule has 130 valence electrons. The van der Waals surface area contributed by atoms with E-state index in [0.29, 0.717) is 22.6 Å². The minimum Gasteiger partial charge on any atom is -0.468 e. The molecule has 2 aromatic rings. The number of ether oxygens (including phenoxy) is 3. The topological polar surface area (TPSA) is 78.9 Å². The minimum atomic E-state index is -0.650. The van der Waals surface area contributed by atoms with Crippen molar-refractivity contribution < 1.29 is 28.6 Å². The van der Waals surface area contributed by atoms with Crippen molar-refractivity contribution in [1.82, 2.24) is 0 Å². The van der Waals surface area contributed by atoms with Crippen LogP contribution in [0, 0.1) is 0 Å². The maximum absolute atomic E-state index is 12.2. The Hall–Kier alpha value is -3.15. The van der Waals surface area contributed by atoms with E-state index in [0.717, 1.165) is 0 Å². The van der Waals surface area contributed by atoms with Gasteiger partial charge in [-0.25, -0.2) is 0 Å². The fraction of sp³-hybridized carbons (Fsp3) is 0.211. The number of hydrogen-bond acceptors (Lipinski definition) is 6. The molecule has 0 aromatic heterocycles. The molecule has 6 heteroatoms. The standard InChI is InChI=1S/C19H18O6/c1-12(20)24-16-8-4-14(5-9-16)18(19(22)23-3)15-6-10-17(11-7-15)25-13(2)21/h4-11,18H,1-3H3. The molecule has 0 radical (unpaired) electrons. The average Bonchev–Trinajstić information content (AvgIpc) is 2.57. The number of hydrogen-bond donors (Lipinski definition) is 0. The second-order valence-electron chi connectivity index (χ2n) is 5.28. The van der Waals surface area contributed by atoms with Gasteiger partial charge in [0.1, 0.15) is 17.4 Å². The number of esters is 3. The Morgan fingerprint density at radius 1 is 0.720 bits per heavy atom. The van der Waals surface area contributed by atoms with Crippen molar-refractivity contribution in [3.05, 3.63) is 59.7 Å². The molecule has 0 spiro atoms. The molecule has 0 amide bonds.